The SMILES string of the molecule is NS(=O)(=O)c1ccsc1C(=O)N1CCO[C@H](c2ccc(F)cc2)C1. The van der Waals surface area contributed by atoms with Crippen molar-refractivity contribution >= 4 is 27.3 Å². The smallest absolute Gasteiger partial charge is 0.265 e. The molecule has 2 heterocycles. The number of benzene rings is 1. The fourth-order valence-corrected chi connectivity index (χ4v) is 4.47. The molecular weight excluding hydrogens is 355 g/mol. The first-order valence-corrected chi connectivity index (χ1v) is 9.55. The molecular formula is C15H15FN2O4S2. The van der Waals surface area contributed by atoms with E-state index in [2.05, 4.69) is 0 Å². The summed E-state index contributed by atoms with van der Waals surface area (Å²) in [6, 6.07) is 7.20. The van der Waals surface area contributed by atoms with Crippen LogP contribution in [-0.4, -0.2) is 38.9 Å². The lowest BCUT2D eigenvalue weighted by molar-refractivity contribution is -0.0227. The second kappa shape index (κ2) is 6.60. The molecule has 1 aliphatic heterocycles. The Labute approximate surface area is 142 Å². The van der Waals surface area contributed by atoms with Gasteiger partial charge in [0.2, 0.25) is 10.0 Å². The highest BCUT2D eigenvalue weighted by atomic mass is 32.2. The van der Waals surface area contributed by atoms with Crippen molar-refractivity contribution in [3.8, 4) is 0 Å². The number of nitrogens with two attached hydrogens (primary N) is 1. The fraction of sp³-hybridized carbons (Fsp3) is 0.267. The van der Waals surface area contributed by atoms with Crippen molar-refractivity contribution in [1.29, 1.82) is 0 Å². The van der Waals surface area contributed by atoms with Gasteiger partial charge in [0.05, 0.1) is 13.2 Å². The average Bonchev–Trinajstić information content (AvgIpc) is 3.05. The van der Waals surface area contributed by atoms with E-state index in [-0.39, 0.29) is 28.2 Å². The third-order valence-electron chi connectivity index (χ3n) is 3.73. The number of morpholine rings is 1. The Balaban J connectivity index is 1.81. The number of primary sulfonamides is 1. The predicted octanol–water partition coefficient (Wildman–Crippen LogP) is 1.75. The second-order valence-electron chi connectivity index (χ2n) is 5.32. The van der Waals surface area contributed by atoms with E-state index in [0.29, 0.717) is 13.2 Å². The maximum Gasteiger partial charge on any atom is 0.265 e. The minimum Gasteiger partial charge on any atom is -0.370 e. The van der Waals surface area contributed by atoms with Crippen molar-refractivity contribution in [3.05, 3.63) is 52.0 Å². The number of amides is 1. The van der Waals surface area contributed by atoms with Crippen LogP contribution in [0.5, 0.6) is 0 Å². The Morgan fingerprint density at radius 1 is 1.29 bits per heavy atom. The number of rotatable bonds is 3. The van der Waals surface area contributed by atoms with Crippen molar-refractivity contribution in [1.82, 2.24) is 4.90 Å². The van der Waals surface area contributed by atoms with Crippen LogP contribution in [0.3, 0.4) is 0 Å². The maximum absolute atomic E-state index is 13.0. The number of hydrogen-bond acceptors (Lipinski definition) is 5. The lowest BCUT2D eigenvalue weighted by Gasteiger charge is -2.33. The molecule has 0 radical (unpaired) electrons. The number of ether oxygens (including phenoxy) is 1. The van der Waals surface area contributed by atoms with E-state index in [1.165, 1.54) is 28.5 Å². The summed E-state index contributed by atoms with van der Waals surface area (Å²) < 4.78 is 41.8. The summed E-state index contributed by atoms with van der Waals surface area (Å²) in [6.45, 7) is 0.911. The molecule has 6 nitrogen and oxygen atoms in total. The number of sulfonamides is 1. The van der Waals surface area contributed by atoms with E-state index in [0.717, 1.165) is 16.9 Å². The van der Waals surface area contributed by atoms with Gasteiger partial charge in [0.1, 0.15) is 21.7 Å². The first-order chi connectivity index (χ1) is 11.4. The zero-order valence-electron chi connectivity index (χ0n) is 12.5. The summed E-state index contributed by atoms with van der Waals surface area (Å²) in [7, 11) is -3.95. The van der Waals surface area contributed by atoms with Crippen LogP contribution >= 0.6 is 11.3 Å². The molecule has 1 amide bonds. The monoisotopic (exact) mass is 370 g/mol. The Hall–Kier alpha value is -1.81. The standard InChI is InChI=1S/C15H15FN2O4S2/c16-11-3-1-10(2-4-11)12-9-18(6-7-22-12)15(19)14-13(5-8-23-14)24(17,20)21/h1-5,8,12H,6-7,9H2,(H2,17,20,21)/t12-/m0/s1. The van der Waals surface area contributed by atoms with E-state index in [1.54, 1.807) is 12.1 Å². The minimum atomic E-state index is -3.95. The van der Waals surface area contributed by atoms with Crippen LogP contribution in [0, 0.1) is 5.82 Å². The highest BCUT2D eigenvalue weighted by Gasteiger charge is 2.30. The van der Waals surface area contributed by atoms with Crippen molar-refractivity contribution in [3.63, 3.8) is 0 Å². The first-order valence-electron chi connectivity index (χ1n) is 7.13. The van der Waals surface area contributed by atoms with Crippen LogP contribution in [0.25, 0.3) is 0 Å². The summed E-state index contributed by atoms with van der Waals surface area (Å²) in [5, 5.41) is 6.67. The summed E-state index contributed by atoms with van der Waals surface area (Å²) in [6.07, 6.45) is -0.388. The van der Waals surface area contributed by atoms with E-state index >= 15 is 0 Å². The molecule has 128 valence electrons. The molecule has 24 heavy (non-hydrogen) atoms. The van der Waals surface area contributed by atoms with Crippen LogP contribution in [0.1, 0.15) is 21.3 Å². The van der Waals surface area contributed by atoms with Gasteiger partial charge in [0, 0.05) is 6.54 Å². The van der Waals surface area contributed by atoms with Crippen LogP contribution in [-0.2, 0) is 14.8 Å². The zero-order chi connectivity index (χ0) is 17.3. The van der Waals surface area contributed by atoms with Gasteiger partial charge in [-0.25, -0.2) is 17.9 Å². The van der Waals surface area contributed by atoms with Gasteiger partial charge in [-0.3, -0.25) is 4.79 Å². The highest BCUT2D eigenvalue weighted by molar-refractivity contribution is 7.89. The van der Waals surface area contributed by atoms with Gasteiger partial charge in [-0.15, -0.1) is 11.3 Å². The quantitative estimate of drug-likeness (QED) is 0.891. The predicted molar refractivity (Wildman–Crippen MR) is 86.7 cm³/mol. The molecule has 1 saturated heterocycles. The molecule has 3 rings (SSSR count). The van der Waals surface area contributed by atoms with Crippen molar-refractivity contribution < 1.29 is 22.3 Å². The minimum absolute atomic E-state index is 0.0947. The molecule has 0 saturated carbocycles. The summed E-state index contributed by atoms with van der Waals surface area (Å²) in [5.41, 5.74) is 0.756. The average molecular weight is 370 g/mol. The van der Waals surface area contributed by atoms with Crippen molar-refractivity contribution in [2.75, 3.05) is 19.7 Å². The second-order valence-corrected chi connectivity index (χ2v) is 7.77. The molecule has 2 N–H and O–H groups in total. The molecule has 1 aromatic heterocycles. The normalized spacial score (nSPS) is 18.6. The molecule has 1 aliphatic rings. The number of halogens is 1. The van der Waals surface area contributed by atoms with E-state index in [1.807, 2.05) is 0 Å². The van der Waals surface area contributed by atoms with Crippen molar-refractivity contribution in [2.45, 2.75) is 11.0 Å². The Kier molecular flexibility index (Phi) is 4.68. The molecule has 1 fully saturated rings. The van der Waals surface area contributed by atoms with Gasteiger partial charge in [0.15, 0.2) is 0 Å². The molecule has 2 aromatic rings. The zero-order valence-corrected chi connectivity index (χ0v) is 14.1. The molecule has 1 aromatic carbocycles. The lowest BCUT2D eigenvalue weighted by atomic mass is 10.1. The van der Waals surface area contributed by atoms with Gasteiger partial charge in [-0.2, -0.15) is 0 Å². The number of nitrogens with zero attached hydrogens (tertiary/aromatic N) is 1. The number of carbonyl (C=O) groups is 1. The molecule has 9 heteroatoms. The Morgan fingerprint density at radius 3 is 2.67 bits per heavy atom. The molecule has 0 aliphatic carbocycles. The van der Waals surface area contributed by atoms with E-state index in [9.17, 15) is 17.6 Å². The van der Waals surface area contributed by atoms with Crippen LogP contribution in [0.2, 0.25) is 0 Å². The summed E-state index contributed by atoms with van der Waals surface area (Å²) in [4.78, 5) is 14.1. The van der Waals surface area contributed by atoms with Gasteiger partial charge < -0.3 is 9.64 Å². The number of thiophene rings is 1. The summed E-state index contributed by atoms with van der Waals surface area (Å²) >= 11 is 1.04. The van der Waals surface area contributed by atoms with Crippen LogP contribution in [0.4, 0.5) is 4.39 Å². The topological polar surface area (TPSA) is 89.7 Å². The fourth-order valence-electron chi connectivity index (χ4n) is 2.53. The molecule has 0 unspecified atom stereocenters. The first kappa shape index (κ1) is 17.0. The largest absolute Gasteiger partial charge is 0.370 e. The lowest BCUT2D eigenvalue weighted by Crippen LogP contribution is -2.42. The van der Waals surface area contributed by atoms with Crippen LogP contribution in [0.15, 0.2) is 40.6 Å². The van der Waals surface area contributed by atoms with Gasteiger partial charge >= 0.3 is 0 Å². The number of hydrogen-bond donors (Lipinski definition) is 1. The summed E-state index contributed by atoms with van der Waals surface area (Å²) in [5.74, 6) is -0.747. The maximum atomic E-state index is 13.0. The van der Waals surface area contributed by atoms with Gasteiger partial charge in [-0.1, -0.05) is 12.1 Å². The third kappa shape index (κ3) is 3.48. The Morgan fingerprint density at radius 2 is 2.00 bits per heavy atom. The molecule has 0 bridgehead atoms. The number of carbonyl (C=O) groups excluding carboxylic acids is 1. The van der Waals surface area contributed by atoms with Gasteiger partial charge in [0.25, 0.3) is 5.91 Å². The molecule has 1 atom stereocenters. The van der Waals surface area contributed by atoms with E-state index < -0.39 is 15.9 Å². The Bertz CT molecular complexity index is 849. The highest BCUT2D eigenvalue weighted by Crippen LogP contribution is 2.27. The van der Waals surface area contributed by atoms with Crippen LogP contribution < -0.4 is 5.14 Å². The third-order valence-corrected chi connectivity index (χ3v) is 5.71. The van der Waals surface area contributed by atoms with E-state index in [4.69, 9.17) is 9.88 Å². The van der Waals surface area contributed by atoms with Crippen molar-refractivity contribution in [2.24, 2.45) is 5.14 Å². The molecule has 0 spiro atoms. The van der Waals surface area contributed by atoms with Gasteiger partial charge in [-0.05, 0) is 29.1 Å².